The minimum absolute atomic E-state index is 0.0963. The molecule has 0 aliphatic heterocycles. The van der Waals surface area contributed by atoms with Gasteiger partial charge in [-0.15, -0.1) is 0 Å². The van der Waals surface area contributed by atoms with Crippen LogP contribution in [-0.4, -0.2) is 30.9 Å². The first-order chi connectivity index (χ1) is 10.6. The van der Waals surface area contributed by atoms with Crippen LogP contribution in [0.1, 0.15) is 17.0 Å². The van der Waals surface area contributed by atoms with Gasteiger partial charge >= 0.3 is 0 Å². The fourth-order valence-electron chi connectivity index (χ4n) is 2.21. The van der Waals surface area contributed by atoms with Gasteiger partial charge in [0.15, 0.2) is 5.96 Å². The van der Waals surface area contributed by atoms with Gasteiger partial charge in [-0.1, -0.05) is 60.7 Å². The molecule has 0 radical (unpaired) electrons. The van der Waals surface area contributed by atoms with Gasteiger partial charge in [0, 0.05) is 14.1 Å². The predicted molar refractivity (Wildman–Crippen MR) is 88.9 cm³/mol. The quantitative estimate of drug-likeness (QED) is 0.673. The average Bonchev–Trinajstić information content (AvgIpc) is 2.54. The molecule has 1 atom stereocenters. The van der Waals surface area contributed by atoms with Gasteiger partial charge in [0.1, 0.15) is 0 Å². The number of benzene rings is 2. The highest BCUT2D eigenvalue weighted by Crippen LogP contribution is 2.21. The van der Waals surface area contributed by atoms with Crippen LogP contribution in [-0.2, 0) is 11.2 Å². The van der Waals surface area contributed by atoms with E-state index in [2.05, 4.69) is 5.32 Å². The van der Waals surface area contributed by atoms with Gasteiger partial charge in [-0.25, -0.2) is 0 Å². The Morgan fingerprint density at radius 1 is 1.05 bits per heavy atom. The lowest BCUT2D eigenvalue weighted by molar-refractivity contribution is -0.121. The lowest BCUT2D eigenvalue weighted by Gasteiger charge is -2.20. The highest BCUT2D eigenvalue weighted by Gasteiger charge is 2.22. The Kier molecular flexibility index (Phi) is 5.31. The Bertz CT molecular complexity index is 623. The number of hydrogen-bond donors (Lipinski definition) is 2. The summed E-state index contributed by atoms with van der Waals surface area (Å²) in [6.07, 6.45) is 0.609. The number of nitrogens with one attached hydrogen (secondary N) is 2. The van der Waals surface area contributed by atoms with E-state index in [1.807, 2.05) is 60.7 Å². The third-order valence-electron chi connectivity index (χ3n) is 3.49. The first-order valence-corrected chi connectivity index (χ1v) is 7.23. The molecule has 0 heterocycles. The second kappa shape index (κ2) is 7.41. The van der Waals surface area contributed by atoms with Crippen molar-refractivity contribution < 1.29 is 4.79 Å². The van der Waals surface area contributed by atoms with Crippen LogP contribution in [0.15, 0.2) is 60.7 Å². The van der Waals surface area contributed by atoms with E-state index in [1.54, 1.807) is 19.0 Å². The third kappa shape index (κ3) is 4.19. The number of nitrogens with zero attached hydrogens (tertiary/aromatic N) is 1. The van der Waals surface area contributed by atoms with Crippen LogP contribution >= 0.6 is 0 Å². The largest absolute Gasteiger partial charge is 0.349 e. The molecule has 1 amide bonds. The maximum Gasteiger partial charge on any atom is 0.234 e. The zero-order valence-electron chi connectivity index (χ0n) is 12.9. The van der Waals surface area contributed by atoms with E-state index < -0.39 is 0 Å². The number of rotatable bonds is 4. The van der Waals surface area contributed by atoms with Crippen molar-refractivity contribution in [2.24, 2.45) is 0 Å². The standard InChI is InChI=1S/C18H21N3O/c1-21(2)18(19)20-17(22)16(15-11-7-4-8-12-15)13-14-9-5-3-6-10-14/h3-12,16H,13H2,1-2H3,(H2,19,20,22)/t16-/m1/s1. The normalized spacial score (nSPS) is 11.5. The van der Waals surface area contributed by atoms with E-state index >= 15 is 0 Å². The lowest BCUT2D eigenvalue weighted by Crippen LogP contribution is -2.42. The maximum atomic E-state index is 12.6. The predicted octanol–water partition coefficient (Wildman–Crippen LogP) is 2.63. The van der Waals surface area contributed by atoms with Crippen molar-refractivity contribution in [2.45, 2.75) is 12.3 Å². The Balaban J connectivity index is 2.22. The zero-order valence-corrected chi connectivity index (χ0v) is 12.9. The molecule has 0 aliphatic carbocycles. The average molecular weight is 295 g/mol. The molecule has 0 unspecified atom stereocenters. The third-order valence-corrected chi connectivity index (χ3v) is 3.49. The first kappa shape index (κ1) is 15.8. The van der Waals surface area contributed by atoms with E-state index in [1.165, 1.54) is 0 Å². The van der Waals surface area contributed by atoms with Gasteiger partial charge in [0.2, 0.25) is 5.91 Å². The lowest BCUT2D eigenvalue weighted by atomic mass is 9.91. The van der Waals surface area contributed by atoms with Crippen molar-refractivity contribution in [1.82, 2.24) is 10.2 Å². The Labute approximate surface area is 131 Å². The summed E-state index contributed by atoms with van der Waals surface area (Å²) < 4.78 is 0. The van der Waals surface area contributed by atoms with Gasteiger partial charge in [-0.3, -0.25) is 15.5 Å². The molecule has 2 rings (SSSR count). The first-order valence-electron chi connectivity index (χ1n) is 7.23. The van der Waals surface area contributed by atoms with Crippen LogP contribution in [0.5, 0.6) is 0 Å². The summed E-state index contributed by atoms with van der Waals surface area (Å²) in [4.78, 5) is 14.2. The highest BCUT2D eigenvalue weighted by molar-refractivity contribution is 5.98. The summed E-state index contributed by atoms with van der Waals surface area (Å²) in [6.45, 7) is 0. The molecular weight excluding hydrogens is 274 g/mol. The van der Waals surface area contributed by atoms with Gasteiger partial charge < -0.3 is 4.90 Å². The van der Waals surface area contributed by atoms with Crippen molar-refractivity contribution >= 4 is 11.9 Å². The van der Waals surface area contributed by atoms with Crippen molar-refractivity contribution in [2.75, 3.05) is 14.1 Å². The van der Waals surface area contributed by atoms with E-state index in [0.29, 0.717) is 6.42 Å². The van der Waals surface area contributed by atoms with Gasteiger partial charge in [0.05, 0.1) is 5.92 Å². The maximum absolute atomic E-state index is 12.6. The Morgan fingerprint density at radius 3 is 2.14 bits per heavy atom. The molecule has 2 aromatic rings. The summed E-state index contributed by atoms with van der Waals surface area (Å²) in [5, 5.41) is 10.5. The van der Waals surface area contributed by atoms with Gasteiger partial charge in [-0.2, -0.15) is 0 Å². The molecule has 0 aromatic heterocycles. The molecule has 4 heteroatoms. The van der Waals surface area contributed by atoms with Crippen LogP contribution in [0.4, 0.5) is 0 Å². The highest BCUT2D eigenvalue weighted by atomic mass is 16.2. The topological polar surface area (TPSA) is 56.2 Å². The fraction of sp³-hybridized carbons (Fsp3) is 0.222. The van der Waals surface area contributed by atoms with E-state index in [4.69, 9.17) is 5.41 Å². The summed E-state index contributed by atoms with van der Waals surface area (Å²) in [5.74, 6) is -0.378. The Hall–Kier alpha value is -2.62. The number of carbonyl (C=O) groups excluding carboxylic acids is 1. The minimum atomic E-state index is -0.316. The van der Waals surface area contributed by atoms with Crippen molar-refractivity contribution in [3.05, 3.63) is 71.8 Å². The molecule has 0 spiro atoms. The SMILES string of the molecule is CN(C)C(=N)NC(=O)[C@H](Cc1ccccc1)c1ccccc1. The summed E-state index contributed by atoms with van der Waals surface area (Å²) in [7, 11) is 3.47. The van der Waals surface area contributed by atoms with Crippen molar-refractivity contribution in [1.29, 1.82) is 5.41 Å². The number of carbonyl (C=O) groups is 1. The monoisotopic (exact) mass is 295 g/mol. The number of amides is 1. The molecule has 22 heavy (non-hydrogen) atoms. The molecule has 4 nitrogen and oxygen atoms in total. The molecule has 0 fully saturated rings. The van der Waals surface area contributed by atoms with Crippen LogP contribution in [0, 0.1) is 5.41 Å². The molecule has 0 saturated carbocycles. The molecule has 0 saturated heterocycles. The van der Waals surface area contributed by atoms with Gasteiger partial charge in [0.25, 0.3) is 0 Å². The molecule has 0 aliphatic rings. The van der Waals surface area contributed by atoms with Crippen LogP contribution in [0.2, 0.25) is 0 Å². The molecule has 2 N–H and O–H groups in total. The van der Waals surface area contributed by atoms with Crippen LogP contribution < -0.4 is 5.32 Å². The summed E-state index contributed by atoms with van der Waals surface area (Å²) in [6, 6.07) is 19.6. The van der Waals surface area contributed by atoms with Crippen LogP contribution in [0.3, 0.4) is 0 Å². The molecule has 0 bridgehead atoms. The van der Waals surface area contributed by atoms with E-state index in [9.17, 15) is 4.79 Å². The fourth-order valence-corrected chi connectivity index (χ4v) is 2.21. The number of hydrogen-bond acceptors (Lipinski definition) is 2. The van der Waals surface area contributed by atoms with Gasteiger partial charge in [-0.05, 0) is 17.5 Å². The van der Waals surface area contributed by atoms with Crippen LogP contribution in [0.25, 0.3) is 0 Å². The van der Waals surface area contributed by atoms with Crippen molar-refractivity contribution in [3.63, 3.8) is 0 Å². The zero-order chi connectivity index (χ0) is 15.9. The minimum Gasteiger partial charge on any atom is -0.349 e. The summed E-state index contributed by atoms with van der Waals surface area (Å²) in [5.41, 5.74) is 2.05. The second-order valence-electron chi connectivity index (χ2n) is 5.39. The number of guanidine groups is 1. The molecule has 114 valence electrons. The molecule has 2 aromatic carbocycles. The van der Waals surface area contributed by atoms with Crippen molar-refractivity contribution in [3.8, 4) is 0 Å². The Morgan fingerprint density at radius 2 is 1.59 bits per heavy atom. The second-order valence-corrected chi connectivity index (χ2v) is 5.39. The van der Waals surface area contributed by atoms with E-state index in [-0.39, 0.29) is 17.8 Å². The molecular formula is C18H21N3O. The van der Waals surface area contributed by atoms with E-state index in [0.717, 1.165) is 11.1 Å². The smallest absolute Gasteiger partial charge is 0.234 e. The summed E-state index contributed by atoms with van der Waals surface area (Å²) >= 11 is 0.